The number of carbonyl (C=O) groups is 1. The lowest BCUT2D eigenvalue weighted by Crippen LogP contribution is -2.37. The van der Waals surface area contributed by atoms with Crippen molar-refractivity contribution in [2.24, 2.45) is 0 Å². The van der Waals surface area contributed by atoms with E-state index in [0.717, 1.165) is 61.2 Å². The van der Waals surface area contributed by atoms with Crippen LogP contribution >= 0.6 is 0 Å². The molecule has 26 heavy (non-hydrogen) atoms. The van der Waals surface area contributed by atoms with E-state index in [4.69, 9.17) is 14.6 Å². The van der Waals surface area contributed by atoms with Gasteiger partial charge in [0.1, 0.15) is 18.2 Å². The molecule has 4 rings (SSSR count). The predicted molar refractivity (Wildman–Crippen MR) is 95.6 cm³/mol. The van der Waals surface area contributed by atoms with Crippen molar-refractivity contribution in [2.75, 3.05) is 26.3 Å². The van der Waals surface area contributed by atoms with E-state index in [2.05, 4.69) is 9.97 Å². The summed E-state index contributed by atoms with van der Waals surface area (Å²) in [5.41, 5.74) is 1.89. The van der Waals surface area contributed by atoms with E-state index in [-0.39, 0.29) is 12.0 Å². The van der Waals surface area contributed by atoms with Gasteiger partial charge in [0.2, 0.25) is 0 Å². The SMILES string of the molecule is O=C(O)N1CCC(c2ncnc3cc(OC4CCOCC4)ccc23)CC1. The van der Waals surface area contributed by atoms with Crippen LogP contribution in [0.1, 0.15) is 37.3 Å². The third-order valence-electron chi connectivity index (χ3n) is 5.26. The van der Waals surface area contributed by atoms with Crippen molar-refractivity contribution in [3.05, 3.63) is 30.2 Å². The first-order valence-corrected chi connectivity index (χ1v) is 9.17. The van der Waals surface area contributed by atoms with Crippen molar-refractivity contribution in [3.8, 4) is 5.75 Å². The molecule has 0 radical (unpaired) electrons. The number of benzene rings is 1. The Bertz CT molecular complexity index is 783. The second-order valence-corrected chi connectivity index (χ2v) is 6.91. The maximum absolute atomic E-state index is 11.1. The zero-order chi connectivity index (χ0) is 17.9. The van der Waals surface area contributed by atoms with E-state index >= 15 is 0 Å². The molecule has 0 aliphatic carbocycles. The molecule has 7 heteroatoms. The van der Waals surface area contributed by atoms with Crippen LogP contribution in [-0.2, 0) is 4.74 Å². The molecule has 7 nitrogen and oxygen atoms in total. The molecule has 2 fully saturated rings. The molecule has 0 atom stereocenters. The predicted octanol–water partition coefficient (Wildman–Crippen LogP) is 3.05. The summed E-state index contributed by atoms with van der Waals surface area (Å²) in [5, 5.41) is 10.1. The van der Waals surface area contributed by atoms with Gasteiger partial charge in [0, 0.05) is 43.3 Å². The van der Waals surface area contributed by atoms with Crippen molar-refractivity contribution >= 4 is 17.0 Å². The number of nitrogens with zero attached hydrogens (tertiary/aromatic N) is 3. The first-order valence-electron chi connectivity index (χ1n) is 9.17. The van der Waals surface area contributed by atoms with Crippen LogP contribution in [0.25, 0.3) is 10.9 Å². The monoisotopic (exact) mass is 357 g/mol. The Morgan fingerprint density at radius 1 is 1.15 bits per heavy atom. The van der Waals surface area contributed by atoms with Crippen molar-refractivity contribution in [1.29, 1.82) is 0 Å². The van der Waals surface area contributed by atoms with Crippen molar-refractivity contribution in [1.82, 2.24) is 14.9 Å². The van der Waals surface area contributed by atoms with Crippen molar-refractivity contribution in [3.63, 3.8) is 0 Å². The van der Waals surface area contributed by atoms with Gasteiger partial charge >= 0.3 is 6.09 Å². The number of rotatable bonds is 3. The third kappa shape index (κ3) is 3.58. The molecule has 2 aliphatic rings. The minimum atomic E-state index is -0.842. The minimum Gasteiger partial charge on any atom is -0.490 e. The molecule has 3 heterocycles. The maximum atomic E-state index is 11.1. The maximum Gasteiger partial charge on any atom is 0.407 e. The normalized spacial score (nSPS) is 19.6. The minimum absolute atomic E-state index is 0.197. The molecule has 138 valence electrons. The van der Waals surface area contributed by atoms with E-state index < -0.39 is 6.09 Å². The molecular weight excluding hydrogens is 334 g/mol. The van der Waals surface area contributed by atoms with Crippen LogP contribution in [0.2, 0.25) is 0 Å². The molecular formula is C19H23N3O4. The van der Waals surface area contributed by atoms with Crippen LogP contribution < -0.4 is 4.74 Å². The summed E-state index contributed by atoms with van der Waals surface area (Å²) in [6.07, 6.45) is 4.36. The zero-order valence-corrected chi connectivity index (χ0v) is 14.6. The molecule has 0 saturated carbocycles. The highest BCUT2D eigenvalue weighted by Gasteiger charge is 2.25. The number of aromatic nitrogens is 2. The number of ether oxygens (including phenoxy) is 2. The van der Waals surface area contributed by atoms with E-state index in [0.29, 0.717) is 13.1 Å². The number of amides is 1. The quantitative estimate of drug-likeness (QED) is 0.909. The Kier molecular flexibility index (Phi) is 4.88. The summed E-state index contributed by atoms with van der Waals surface area (Å²) >= 11 is 0. The Hall–Kier alpha value is -2.41. The highest BCUT2D eigenvalue weighted by atomic mass is 16.5. The lowest BCUT2D eigenvalue weighted by Gasteiger charge is -2.30. The highest BCUT2D eigenvalue weighted by molar-refractivity contribution is 5.82. The lowest BCUT2D eigenvalue weighted by atomic mass is 9.91. The molecule has 2 saturated heterocycles. The number of carboxylic acid groups (broad SMARTS) is 1. The van der Waals surface area contributed by atoms with E-state index in [1.807, 2.05) is 18.2 Å². The summed E-state index contributed by atoms with van der Waals surface area (Å²) in [4.78, 5) is 21.5. The Morgan fingerprint density at radius 3 is 2.65 bits per heavy atom. The van der Waals surface area contributed by atoms with Gasteiger partial charge in [0.15, 0.2) is 0 Å². The van der Waals surface area contributed by atoms with Crippen LogP contribution in [0.5, 0.6) is 5.75 Å². The number of likely N-dealkylation sites (tertiary alicyclic amines) is 1. The van der Waals surface area contributed by atoms with Crippen LogP contribution in [0.3, 0.4) is 0 Å². The average molecular weight is 357 g/mol. The van der Waals surface area contributed by atoms with Gasteiger partial charge in [-0.25, -0.2) is 14.8 Å². The Morgan fingerprint density at radius 2 is 1.92 bits per heavy atom. The van der Waals surface area contributed by atoms with E-state index in [1.54, 1.807) is 6.33 Å². The van der Waals surface area contributed by atoms with Gasteiger partial charge in [0.25, 0.3) is 0 Å². The van der Waals surface area contributed by atoms with Gasteiger partial charge in [-0.1, -0.05) is 0 Å². The average Bonchev–Trinajstić information content (AvgIpc) is 2.68. The molecule has 1 amide bonds. The summed E-state index contributed by atoms with van der Waals surface area (Å²) in [7, 11) is 0. The molecule has 2 aromatic rings. The fourth-order valence-corrected chi connectivity index (χ4v) is 3.79. The molecule has 0 bridgehead atoms. The summed E-state index contributed by atoms with van der Waals surface area (Å²) in [5.74, 6) is 1.09. The summed E-state index contributed by atoms with van der Waals surface area (Å²) < 4.78 is 11.4. The van der Waals surface area contributed by atoms with Crippen LogP contribution in [0.15, 0.2) is 24.5 Å². The molecule has 0 unspecified atom stereocenters. The number of piperidine rings is 1. The lowest BCUT2D eigenvalue weighted by molar-refractivity contribution is 0.0256. The van der Waals surface area contributed by atoms with Crippen LogP contribution in [0.4, 0.5) is 4.79 Å². The topological polar surface area (TPSA) is 84.8 Å². The zero-order valence-electron chi connectivity index (χ0n) is 14.6. The fraction of sp³-hybridized carbons (Fsp3) is 0.526. The Labute approximate surface area is 151 Å². The van der Waals surface area contributed by atoms with Gasteiger partial charge < -0.3 is 19.5 Å². The first kappa shape index (κ1) is 17.0. The summed E-state index contributed by atoms with van der Waals surface area (Å²) in [6.45, 7) is 2.60. The first-order chi connectivity index (χ1) is 12.7. The number of hydrogen-bond acceptors (Lipinski definition) is 5. The van der Waals surface area contributed by atoms with Gasteiger partial charge in [0.05, 0.1) is 24.4 Å². The third-order valence-corrected chi connectivity index (χ3v) is 5.26. The standard InChI is InChI=1S/C19H23N3O4/c23-19(24)22-7-3-13(4-8-22)18-16-2-1-15(11-17(16)20-12-21-18)26-14-5-9-25-10-6-14/h1-2,11-14H,3-10H2,(H,23,24). The molecule has 0 spiro atoms. The second-order valence-electron chi connectivity index (χ2n) is 6.91. The van der Waals surface area contributed by atoms with Gasteiger partial charge in [-0.05, 0) is 25.0 Å². The molecule has 2 aliphatic heterocycles. The second kappa shape index (κ2) is 7.45. The van der Waals surface area contributed by atoms with E-state index in [1.165, 1.54) is 4.90 Å². The number of fused-ring (bicyclic) bond motifs is 1. The molecule has 1 aromatic carbocycles. The summed E-state index contributed by atoms with van der Waals surface area (Å²) in [6, 6.07) is 5.99. The van der Waals surface area contributed by atoms with Crippen LogP contribution in [0, 0.1) is 0 Å². The smallest absolute Gasteiger partial charge is 0.407 e. The van der Waals surface area contributed by atoms with Gasteiger partial charge in [-0.3, -0.25) is 0 Å². The van der Waals surface area contributed by atoms with Crippen LogP contribution in [-0.4, -0.2) is 58.5 Å². The molecule has 1 aromatic heterocycles. The Balaban J connectivity index is 1.52. The largest absolute Gasteiger partial charge is 0.490 e. The molecule has 1 N–H and O–H groups in total. The van der Waals surface area contributed by atoms with Crippen molar-refractivity contribution in [2.45, 2.75) is 37.7 Å². The number of hydrogen-bond donors (Lipinski definition) is 1. The van der Waals surface area contributed by atoms with Crippen molar-refractivity contribution < 1.29 is 19.4 Å². The van der Waals surface area contributed by atoms with Gasteiger partial charge in [-0.15, -0.1) is 0 Å². The van der Waals surface area contributed by atoms with E-state index in [9.17, 15) is 4.79 Å². The van der Waals surface area contributed by atoms with Gasteiger partial charge in [-0.2, -0.15) is 0 Å². The highest BCUT2D eigenvalue weighted by Crippen LogP contribution is 2.32. The fourth-order valence-electron chi connectivity index (χ4n) is 3.79.